The number of hydrogen-bond donors (Lipinski definition) is 0. The van der Waals surface area contributed by atoms with Crippen LogP contribution in [0.4, 0.5) is 0 Å². The second-order valence-corrected chi connectivity index (χ2v) is 6.15. The number of amides is 2. The monoisotopic (exact) mass is 360 g/mol. The van der Waals surface area contributed by atoms with E-state index in [1.165, 1.54) is 12.1 Å². The van der Waals surface area contributed by atoms with E-state index < -0.39 is 17.8 Å². The molecule has 0 fully saturated rings. The summed E-state index contributed by atoms with van der Waals surface area (Å²) in [6, 6.07) is 19.6. The number of carbonyl (C=O) groups is 3. The van der Waals surface area contributed by atoms with Crippen LogP contribution >= 0.6 is 0 Å². The van der Waals surface area contributed by atoms with Gasteiger partial charge in [-0.05, 0) is 36.2 Å². The first kappa shape index (κ1) is 16.8. The van der Waals surface area contributed by atoms with Crippen molar-refractivity contribution in [3.8, 4) is 0 Å². The summed E-state index contributed by atoms with van der Waals surface area (Å²) >= 11 is 0. The third-order valence-corrected chi connectivity index (χ3v) is 4.45. The van der Waals surface area contributed by atoms with Crippen molar-refractivity contribution in [3.63, 3.8) is 0 Å². The molecule has 6 nitrogen and oxygen atoms in total. The van der Waals surface area contributed by atoms with Crippen molar-refractivity contribution in [1.29, 1.82) is 0 Å². The molecule has 134 valence electrons. The largest absolute Gasteiger partial charge is 0.380 e. The number of hydroxylamine groups is 2. The number of aryl methyl sites for hydroxylation is 2. The maximum absolute atomic E-state index is 12.5. The van der Waals surface area contributed by atoms with Crippen molar-refractivity contribution >= 4 is 17.8 Å². The van der Waals surface area contributed by atoms with Crippen LogP contribution in [0.5, 0.6) is 0 Å². The van der Waals surface area contributed by atoms with E-state index in [9.17, 15) is 14.4 Å². The average Bonchev–Trinajstić information content (AvgIpc) is 3.27. The molecule has 0 spiro atoms. The van der Waals surface area contributed by atoms with Gasteiger partial charge in [-0.1, -0.05) is 47.5 Å². The molecule has 0 N–H and O–H groups in total. The van der Waals surface area contributed by atoms with Gasteiger partial charge in [0.1, 0.15) is 5.69 Å². The van der Waals surface area contributed by atoms with E-state index in [-0.39, 0.29) is 16.8 Å². The normalized spacial score (nSPS) is 13.0. The topological polar surface area (TPSA) is 68.6 Å². The Hall–Kier alpha value is -3.67. The summed E-state index contributed by atoms with van der Waals surface area (Å²) in [5.74, 6) is -2.01. The summed E-state index contributed by atoms with van der Waals surface area (Å²) in [5.41, 5.74) is 1.89. The van der Waals surface area contributed by atoms with Gasteiger partial charge in [0.05, 0.1) is 11.1 Å². The Balaban J connectivity index is 1.48. The van der Waals surface area contributed by atoms with Crippen LogP contribution in [0.2, 0.25) is 0 Å². The maximum Gasteiger partial charge on any atom is 0.380 e. The molecule has 1 aliphatic rings. The van der Waals surface area contributed by atoms with Crippen molar-refractivity contribution in [2.24, 2.45) is 0 Å². The first-order chi connectivity index (χ1) is 13.1. The van der Waals surface area contributed by atoms with Crippen molar-refractivity contribution in [3.05, 3.63) is 95.3 Å². The zero-order valence-corrected chi connectivity index (χ0v) is 14.4. The second kappa shape index (κ2) is 6.92. The molecular formula is C21H16N2O4. The van der Waals surface area contributed by atoms with Gasteiger partial charge in [-0.3, -0.25) is 9.59 Å². The Bertz CT molecular complexity index is 988. The number of benzene rings is 2. The highest BCUT2D eigenvalue weighted by Crippen LogP contribution is 2.23. The molecule has 4 rings (SSSR count). The molecule has 2 heterocycles. The lowest BCUT2D eigenvalue weighted by Crippen LogP contribution is -2.33. The number of nitrogens with zero attached hydrogens (tertiary/aromatic N) is 2. The number of imide groups is 1. The maximum atomic E-state index is 12.5. The van der Waals surface area contributed by atoms with E-state index in [1.807, 2.05) is 30.3 Å². The Kier molecular flexibility index (Phi) is 4.30. The van der Waals surface area contributed by atoms with Gasteiger partial charge in [0, 0.05) is 12.7 Å². The predicted octanol–water partition coefficient (Wildman–Crippen LogP) is 3.10. The fourth-order valence-electron chi connectivity index (χ4n) is 3.07. The van der Waals surface area contributed by atoms with Crippen LogP contribution in [-0.4, -0.2) is 27.4 Å². The molecule has 0 bridgehead atoms. The van der Waals surface area contributed by atoms with Gasteiger partial charge in [-0.25, -0.2) is 4.79 Å². The van der Waals surface area contributed by atoms with E-state index >= 15 is 0 Å². The Morgan fingerprint density at radius 2 is 1.44 bits per heavy atom. The Labute approximate surface area is 155 Å². The van der Waals surface area contributed by atoms with Gasteiger partial charge in [0.2, 0.25) is 0 Å². The summed E-state index contributed by atoms with van der Waals surface area (Å²) in [6.45, 7) is 0.573. The standard InChI is InChI=1S/C21H16N2O4/c24-19-16-9-4-5-10-17(16)20(25)23(19)27-21(26)18-11-6-13-22(18)14-12-15-7-2-1-3-8-15/h1-11,13H,12,14H2. The van der Waals surface area contributed by atoms with Gasteiger partial charge < -0.3 is 9.40 Å². The smallest absolute Gasteiger partial charge is 0.342 e. The molecule has 0 aliphatic carbocycles. The molecule has 1 aromatic heterocycles. The summed E-state index contributed by atoms with van der Waals surface area (Å²) in [4.78, 5) is 42.3. The molecule has 0 atom stereocenters. The first-order valence-electron chi connectivity index (χ1n) is 8.54. The lowest BCUT2D eigenvalue weighted by atomic mass is 10.1. The van der Waals surface area contributed by atoms with E-state index in [4.69, 9.17) is 4.84 Å². The van der Waals surface area contributed by atoms with Crippen LogP contribution in [-0.2, 0) is 17.8 Å². The van der Waals surface area contributed by atoms with Crippen LogP contribution in [0.25, 0.3) is 0 Å². The van der Waals surface area contributed by atoms with Crippen LogP contribution in [0.3, 0.4) is 0 Å². The van der Waals surface area contributed by atoms with Crippen LogP contribution in [0.15, 0.2) is 72.9 Å². The lowest BCUT2D eigenvalue weighted by molar-refractivity contribution is -0.0591. The minimum Gasteiger partial charge on any atom is -0.342 e. The number of rotatable bonds is 5. The van der Waals surface area contributed by atoms with Crippen LogP contribution < -0.4 is 0 Å². The fourth-order valence-corrected chi connectivity index (χ4v) is 3.07. The van der Waals surface area contributed by atoms with Crippen LogP contribution in [0.1, 0.15) is 36.8 Å². The summed E-state index contributed by atoms with van der Waals surface area (Å²) in [5, 5.41) is 0.529. The van der Waals surface area contributed by atoms with Gasteiger partial charge in [0.15, 0.2) is 0 Å². The molecule has 0 radical (unpaired) electrons. The SMILES string of the molecule is O=C(ON1C(=O)c2ccccc2C1=O)c1cccn1CCc1ccccc1. The number of aromatic nitrogens is 1. The third-order valence-electron chi connectivity index (χ3n) is 4.45. The summed E-state index contributed by atoms with van der Waals surface area (Å²) in [7, 11) is 0. The number of fused-ring (bicyclic) bond motifs is 1. The zero-order valence-electron chi connectivity index (χ0n) is 14.4. The Morgan fingerprint density at radius 3 is 2.11 bits per heavy atom. The highest BCUT2D eigenvalue weighted by molar-refractivity contribution is 6.21. The number of hydrogen-bond acceptors (Lipinski definition) is 4. The lowest BCUT2D eigenvalue weighted by Gasteiger charge is -2.14. The molecular weight excluding hydrogens is 344 g/mol. The van der Waals surface area contributed by atoms with E-state index in [2.05, 4.69) is 0 Å². The Morgan fingerprint density at radius 1 is 0.815 bits per heavy atom. The molecule has 0 unspecified atom stereocenters. The number of carbonyl (C=O) groups excluding carboxylic acids is 3. The second-order valence-electron chi connectivity index (χ2n) is 6.15. The van der Waals surface area contributed by atoms with Gasteiger partial charge in [-0.15, -0.1) is 0 Å². The molecule has 2 amide bonds. The highest BCUT2D eigenvalue weighted by Gasteiger charge is 2.39. The van der Waals surface area contributed by atoms with E-state index in [0.29, 0.717) is 11.6 Å². The van der Waals surface area contributed by atoms with Crippen LogP contribution in [0, 0.1) is 0 Å². The quantitative estimate of drug-likeness (QED) is 0.656. The molecule has 0 saturated carbocycles. The third kappa shape index (κ3) is 3.13. The highest BCUT2D eigenvalue weighted by atomic mass is 16.7. The van der Waals surface area contributed by atoms with E-state index in [1.54, 1.807) is 35.0 Å². The van der Waals surface area contributed by atoms with Crippen molar-refractivity contribution in [2.75, 3.05) is 0 Å². The fraction of sp³-hybridized carbons (Fsp3) is 0.0952. The molecule has 1 aliphatic heterocycles. The zero-order chi connectivity index (χ0) is 18.8. The van der Waals surface area contributed by atoms with Crippen molar-refractivity contribution in [2.45, 2.75) is 13.0 Å². The van der Waals surface area contributed by atoms with Gasteiger partial charge in [-0.2, -0.15) is 0 Å². The molecule has 27 heavy (non-hydrogen) atoms. The predicted molar refractivity (Wildman–Crippen MR) is 96.9 cm³/mol. The minimum absolute atomic E-state index is 0.231. The van der Waals surface area contributed by atoms with Crippen molar-refractivity contribution < 1.29 is 19.2 Å². The average molecular weight is 360 g/mol. The van der Waals surface area contributed by atoms with Crippen molar-refractivity contribution in [1.82, 2.24) is 9.63 Å². The summed E-state index contributed by atoms with van der Waals surface area (Å²) in [6.07, 6.45) is 2.50. The molecule has 2 aromatic carbocycles. The molecule has 0 saturated heterocycles. The molecule has 6 heteroatoms. The summed E-state index contributed by atoms with van der Waals surface area (Å²) < 4.78 is 1.74. The van der Waals surface area contributed by atoms with Gasteiger partial charge >= 0.3 is 5.97 Å². The minimum atomic E-state index is -0.748. The first-order valence-corrected chi connectivity index (χ1v) is 8.54. The molecule has 3 aromatic rings. The van der Waals surface area contributed by atoms with Gasteiger partial charge in [0.25, 0.3) is 11.8 Å². The van der Waals surface area contributed by atoms with E-state index in [0.717, 1.165) is 12.0 Å².